The number of carbonyl (C=O) groups excluding carboxylic acids is 3. The summed E-state index contributed by atoms with van der Waals surface area (Å²) in [5.41, 5.74) is 3.47. The Morgan fingerprint density at radius 2 is 1.23 bits per heavy atom. The van der Waals surface area contributed by atoms with Crippen LogP contribution < -0.4 is 5.32 Å². The van der Waals surface area contributed by atoms with Crippen LogP contribution in [0.1, 0.15) is 58.6 Å². The molecule has 3 aromatic carbocycles. The topological polar surface area (TPSA) is 69.7 Å². The van der Waals surface area contributed by atoms with Gasteiger partial charge in [-0.15, -0.1) is 0 Å². The second kappa shape index (κ2) is 13.8. The van der Waals surface area contributed by atoms with Crippen LogP contribution in [0.3, 0.4) is 0 Å². The highest BCUT2D eigenvalue weighted by Gasteiger charge is 2.24. The van der Waals surface area contributed by atoms with E-state index in [2.05, 4.69) is 5.32 Å². The first kappa shape index (κ1) is 28.9. The van der Waals surface area contributed by atoms with Crippen LogP contribution >= 0.6 is 0 Å². The van der Waals surface area contributed by atoms with Crippen molar-refractivity contribution in [2.45, 2.75) is 38.5 Å². The number of halogens is 2. The molecule has 1 aliphatic heterocycles. The summed E-state index contributed by atoms with van der Waals surface area (Å²) in [6, 6.07) is 19.9. The van der Waals surface area contributed by atoms with E-state index in [1.165, 1.54) is 24.3 Å². The maximum Gasteiger partial charge on any atom is 0.251 e. The lowest BCUT2D eigenvalue weighted by molar-refractivity contribution is -0.139. The standard InChI is InChI=1S/C32H35F2N3O3/c1-23-6-8-26(9-7-23)32(40)35-22-31(39)37-20-18-36(19-21-37)30(38)5-3-2-4-29(24-10-14-27(33)15-11-24)25-12-16-28(34)17-13-25/h6-17,29H,2-5,18-22H2,1H3,(H,35,40). The molecule has 0 aromatic heterocycles. The van der Waals surface area contributed by atoms with Gasteiger partial charge in [0.2, 0.25) is 11.8 Å². The zero-order valence-corrected chi connectivity index (χ0v) is 22.7. The lowest BCUT2D eigenvalue weighted by Gasteiger charge is -2.35. The van der Waals surface area contributed by atoms with E-state index in [0.717, 1.165) is 29.5 Å². The van der Waals surface area contributed by atoms with Gasteiger partial charge in [-0.3, -0.25) is 14.4 Å². The van der Waals surface area contributed by atoms with Crippen LogP contribution in [-0.2, 0) is 9.59 Å². The third-order valence-corrected chi connectivity index (χ3v) is 7.38. The summed E-state index contributed by atoms with van der Waals surface area (Å²) in [7, 11) is 0. The lowest BCUT2D eigenvalue weighted by Crippen LogP contribution is -2.52. The van der Waals surface area contributed by atoms with Crippen LogP contribution in [0.2, 0.25) is 0 Å². The lowest BCUT2D eigenvalue weighted by atomic mass is 9.87. The van der Waals surface area contributed by atoms with Gasteiger partial charge in [-0.2, -0.15) is 0 Å². The number of nitrogens with zero attached hydrogens (tertiary/aromatic N) is 2. The third kappa shape index (κ3) is 7.97. The molecule has 0 unspecified atom stereocenters. The van der Waals surface area contributed by atoms with E-state index >= 15 is 0 Å². The fourth-order valence-corrected chi connectivity index (χ4v) is 4.98. The first-order valence-electron chi connectivity index (χ1n) is 13.7. The molecule has 210 valence electrons. The number of nitrogens with one attached hydrogen (secondary N) is 1. The number of hydrogen-bond donors (Lipinski definition) is 1. The monoisotopic (exact) mass is 547 g/mol. The quantitative estimate of drug-likeness (QED) is 0.361. The van der Waals surface area contributed by atoms with Gasteiger partial charge >= 0.3 is 0 Å². The molecule has 8 heteroatoms. The number of carbonyl (C=O) groups is 3. The van der Waals surface area contributed by atoms with Crippen LogP contribution in [-0.4, -0.2) is 60.2 Å². The highest BCUT2D eigenvalue weighted by atomic mass is 19.1. The Morgan fingerprint density at radius 1 is 0.725 bits per heavy atom. The van der Waals surface area contributed by atoms with E-state index < -0.39 is 0 Å². The van der Waals surface area contributed by atoms with Gasteiger partial charge in [0.1, 0.15) is 11.6 Å². The van der Waals surface area contributed by atoms with Gasteiger partial charge in [0.25, 0.3) is 5.91 Å². The van der Waals surface area contributed by atoms with Crippen LogP contribution in [0.15, 0.2) is 72.8 Å². The average Bonchev–Trinajstić information content (AvgIpc) is 2.97. The third-order valence-electron chi connectivity index (χ3n) is 7.38. The minimum Gasteiger partial charge on any atom is -0.343 e. The van der Waals surface area contributed by atoms with Crippen molar-refractivity contribution in [2.75, 3.05) is 32.7 Å². The number of aryl methyl sites for hydroxylation is 1. The van der Waals surface area contributed by atoms with Crippen molar-refractivity contribution >= 4 is 17.7 Å². The molecular weight excluding hydrogens is 512 g/mol. The van der Waals surface area contributed by atoms with Crippen molar-refractivity contribution in [2.24, 2.45) is 0 Å². The molecule has 1 heterocycles. The van der Waals surface area contributed by atoms with Gasteiger partial charge in [-0.05, 0) is 67.3 Å². The Kier molecular flexibility index (Phi) is 10.00. The zero-order valence-electron chi connectivity index (χ0n) is 22.7. The van der Waals surface area contributed by atoms with Crippen molar-refractivity contribution in [3.05, 3.63) is 107 Å². The molecule has 0 saturated carbocycles. The summed E-state index contributed by atoms with van der Waals surface area (Å²) in [5, 5.41) is 2.67. The van der Waals surface area contributed by atoms with Crippen molar-refractivity contribution < 1.29 is 23.2 Å². The highest BCUT2D eigenvalue weighted by Crippen LogP contribution is 2.30. The fraction of sp³-hybridized carbons (Fsp3) is 0.344. The summed E-state index contributed by atoms with van der Waals surface area (Å²) in [5.74, 6) is -1.03. The number of piperazine rings is 1. The molecule has 1 N–H and O–H groups in total. The molecule has 0 spiro atoms. The van der Waals surface area contributed by atoms with Crippen LogP contribution in [0.5, 0.6) is 0 Å². The Bertz CT molecular complexity index is 1240. The zero-order chi connectivity index (χ0) is 28.5. The summed E-state index contributed by atoms with van der Waals surface area (Å²) < 4.78 is 26.9. The minimum atomic E-state index is -0.305. The van der Waals surface area contributed by atoms with Crippen LogP contribution in [0, 0.1) is 18.6 Å². The molecular formula is C32H35F2N3O3. The molecule has 4 rings (SSSR count). The first-order valence-corrected chi connectivity index (χ1v) is 13.7. The predicted molar refractivity (Wildman–Crippen MR) is 150 cm³/mol. The van der Waals surface area contributed by atoms with Gasteiger partial charge in [-0.1, -0.05) is 48.4 Å². The molecule has 0 radical (unpaired) electrons. The normalized spacial score (nSPS) is 13.4. The SMILES string of the molecule is Cc1ccc(C(=O)NCC(=O)N2CCN(C(=O)CCCCC(c3ccc(F)cc3)c3ccc(F)cc3)CC2)cc1. The summed E-state index contributed by atoms with van der Waals surface area (Å²) in [6.45, 7) is 3.65. The minimum absolute atomic E-state index is 0.0163. The van der Waals surface area contributed by atoms with Crippen molar-refractivity contribution in [1.82, 2.24) is 15.1 Å². The van der Waals surface area contributed by atoms with Crippen LogP contribution in [0.25, 0.3) is 0 Å². The maximum absolute atomic E-state index is 13.5. The van der Waals surface area contributed by atoms with E-state index in [4.69, 9.17) is 0 Å². The van der Waals surface area contributed by atoms with E-state index in [1.807, 2.05) is 19.1 Å². The molecule has 0 bridgehead atoms. The molecule has 1 aliphatic rings. The Hall–Kier alpha value is -4.07. The van der Waals surface area contributed by atoms with Crippen molar-refractivity contribution in [1.29, 1.82) is 0 Å². The smallest absolute Gasteiger partial charge is 0.251 e. The number of amides is 3. The largest absolute Gasteiger partial charge is 0.343 e. The summed E-state index contributed by atoms with van der Waals surface area (Å²) >= 11 is 0. The predicted octanol–water partition coefficient (Wildman–Crippen LogP) is 5.07. The summed E-state index contributed by atoms with van der Waals surface area (Å²) in [4.78, 5) is 41.1. The molecule has 3 aromatic rings. The maximum atomic E-state index is 13.5. The molecule has 0 atom stereocenters. The molecule has 1 fully saturated rings. The van der Waals surface area contributed by atoms with Gasteiger partial charge < -0.3 is 15.1 Å². The fourth-order valence-electron chi connectivity index (χ4n) is 4.98. The Labute approximate surface area is 234 Å². The highest BCUT2D eigenvalue weighted by molar-refractivity contribution is 5.96. The molecule has 40 heavy (non-hydrogen) atoms. The van der Waals surface area contributed by atoms with Crippen LogP contribution in [0.4, 0.5) is 8.78 Å². The molecule has 0 aliphatic carbocycles. The van der Waals surface area contributed by atoms with Gasteiger partial charge in [-0.25, -0.2) is 8.78 Å². The molecule has 3 amide bonds. The number of rotatable bonds is 10. The second-order valence-corrected chi connectivity index (χ2v) is 10.2. The molecule has 6 nitrogen and oxygen atoms in total. The number of hydrogen-bond acceptors (Lipinski definition) is 3. The average molecular weight is 548 g/mol. The van der Waals surface area contributed by atoms with E-state index in [9.17, 15) is 23.2 Å². The number of unbranched alkanes of at least 4 members (excludes halogenated alkanes) is 1. The van der Waals surface area contributed by atoms with E-state index in [-0.39, 0.29) is 41.8 Å². The van der Waals surface area contributed by atoms with Gasteiger partial charge in [0, 0.05) is 44.1 Å². The Balaban J connectivity index is 1.19. The van der Waals surface area contributed by atoms with Gasteiger partial charge in [0.05, 0.1) is 6.54 Å². The van der Waals surface area contributed by atoms with E-state index in [1.54, 1.807) is 46.2 Å². The number of benzene rings is 3. The van der Waals surface area contributed by atoms with Gasteiger partial charge in [0.15, 0.2) is 0 Å². The van der Waals surface area contributed by atoms with Crippen molar-refractivity contribution in [3.63, 3.8) is 0 Å². The molecule has 1 saturated heterocycles. The summed E-state index contributed by atoms with van der Waals surface area (Å²) in [6.07, 6.45) is 2.63. The van der Waals surface area contributed by atoms with Crippen molar-refractivity contribution in [3.8, 4) is 0 Å². The Morgan fingerprint density at radius 3 is 1.75 bits per heavy atom. The van der Waals surface area contributed by atoms with E-state index in [0.29, 0.717) is 44.6 Å². The second-order valence-electron chi connectivity index (χ2n) is 10.2. The first-order chi connectivity index (χ1) is 19.3.